The van der Waals surface area contributed by atoms with Gasteiger partial charge in [0.05, 0.1) is 11.1 Å². The Morgan fingerprint density at radius 1 is 1.09 bits per heavy atom. The van der Waals surface area contributed by atoms with E-state index in [0.717, 1.165) is 0 Å². The Labute approximate surface area is 128 Å². The third-order valence-corrected chi connectivity index (χ3v) is 4.00. The van der Waals surface area contributed by atoms with Crippen molar-refractivity contribution in [2.24, 2.45) is 0 Å². The van der Waals surface area contributed by atoms with Gasteiger partial charge < -0.3 is 11.1 Å². The minimum atomic E-state index is -4.56. The molecule has 0 spiro atoms. The maximum absolute atomic E-state index is 12.7. The van der Waals surface area contributed by atoms with E-state index in [-0.39, 0.29) is 23.2 Å². The number of carbonyl (C=O) groups is 3. The number of nitrogens with two attached hydrogens (primary N) is 1. The number of halogens is 3. The third kappa shape index (κ3) is 2.41. The summed E-state index contributed by atoms with van der Waals surface area (Å²) in [5.74, 6) is -2.40. The van der Waals surface area contributed by atoms with E-state index in [1.165, 1.54) is 18.2 Å². The van der Waals surface area contributed by atoms with Gasteiger partial charge in [-0.15, -0.1) is 0 Å². The van der Waals surface area contributed by atoms with E-state index in [2.05, 4.69) is 0 Å². The van der Waals surface area contributed by atoms with Crippen LogP contribution in [0.2, 0.25) is 0 Å². The number of benzene rings is 1. The summed E-state index contributed by atoms with van der Waals surface area (Å²) in [5.41, 5.74) is 5.99. The molecule has 0 bridgehead atoms. The molecule has 3 rings (SSSR count). The van der Waals surface area contributed by atoms with Crippen LogP contribution in [0.15, 0.2) is 18.2 Å². The predicted octanol–water partition coefficient (Wildman–Crippen LogP) is 1.07. The second-order valence-corrected chi connectivity index (χ2v) is 5.48. The SMILES string of the molecule is Nc1ccc2c(c1)C(=O)N(C1CCC(C(F)(F)F)NC1=O)C2=O. The van der Waals surface area contributed by atoms with Gasteiger partial charge in [0.15, 0.2) is 0 Å². The molecule has 3 N–H and O–H groups in total. The van der Waals surface area contributed by atoms with Crippen molar-refractivity contribution >= 4 is 23.4 Å². The minimum Gasteiger partial charge on any atom is -0.399 e. The molecule has 0 radical (unpaired) electrons. The van der Waals surface area contributed by atoms with Crippen LogP contribution in [-0.2, 0) is 4.79 Å². The van der Waals surface area contributed by atoms with Crippen LogP contribution in [0.3, 0.4) is 0 Å². The number of alkyl halides is 3. The number of carbonyl (C=O) groups excluding carboxylic acids is 3. The van der Waals surface area contributed by atoms with E-state index in [1.54, 1.807) is 0 Å². The number of anilines is 1. The van der Waals surface area contributed by atoms with Crippen LogP contribution in [0.25, 0.3) is 0 Å². The number of piperidine rings is 1. The van der Waals surface area contributed by atoms with Crippen molar-refractivity contribution in [2.45, 2.75) is 31.1 Å². The fourth-order valence-corrected chi connectivity index (χ4v) is 2.85. The molecule has 1 aromatic carbocycles. The first-order valence-electron chi connectivity index (χ1n) is 6.84. The summed E-state index contributed by atoms with van der Waals surface area (Å²) in [6.07, 6.45) is -5.19. The highest BCUT2D eigenvalue weighted by molar-refractivity contribution is 6.23. The number of nitrogens with zero attached hydrogens (tertiary/aromatic N) is 1. The highest BCUT2D eigenvalue weighted by atomic mass is 19.4. The summed E-state index contributed by atoms with van der Waals surface area (Å²) in [4.78, 5) is 37.3. The second-order valence-electron chi connectivity index (χ2n) is 5.48. The molecule has 0 aromatic heterocycles. The van der Waals surface area contributed by atoms with Crippen LogP contribution in [0.4, 0.5) is 18.9 Å². The Bertz CT molecular complexity index is 717. The molecule has 1 saturated heterocycles. The second kappa shape index (κ2) is 4.97. The van der Waals surface area contributed by atoms with Gasteiger partial charge in [0, 0.05) is 5.69 Å². The average molecular weight is 327 g/mol. The lowest BCUT2D eigenvalue weighted by Gasteiger charge is -2.34. The van der Waals surface area contributed by atoms with Gasteiger partial charge in [-0.3, -0.25) is 19.3 Å². The normalized spacial score (nSPS) is 24.7. The summed E-state index contributed by atoms with van der Waals surface area (Å²) >= 11 is 0. The van der Waals surface area contributed by atoms with Gasteiger partial charge >= 0.3 is 6.18 Å². The summed E-state index contributed by atoms with van der Waals surface area (Å²) in [7, 11) is 0. The average Bonchev–Trinajstić information content (AvgIpc) is 2.70. The van der Waals surface area contributed by atoms with E-state index < -0.39 is 42.4 Å². The van der Waals surface area contributed by atoms with E-state index in [9.17, 15) is 27.6 Å². The maximum atomic E-state index is 12.7. The van der Waals surface area contributed by atoms with Crippen molar-refractivity contribution < 1.29 is 27.6 Å². The first-order valence-corrected chi connectivity index (χ1v) is 6.84. The van der Waals surface area contributed by atoms with Gasteiger partial charge in [-0.05, 0) is 31.0 Å². The smallest absolute Gasteiger partial charge is 0.399 e. The molecule has 6 nitrogen and oxygen atoms in total. The van der Waals surface area contributed by atoms with Gasteiger partial charge in [0.1, 0.15) is 12.1 Å². The van der Waals surface area contributed by atoms with E-state index in [1.807, 2.05) is 5.32 Å². The highest BCUT2D eigenvalue weighted by Gasteiger charge is 2.49. The molecular formula is C14H12F3N3O3. The monoisotopic (exact) mass is 327 g/mol. The molecule has 0 aliphatic carbocycles. The molecule has 122 valence electrons. The van der Waals surface area contributed by atoms with Crippen LogP contribution >= 0.6 is 0 Å². The molecule has 1 fully saturated rings. The number of nitrogen functional groups attached to an aromatic ring is 1. The molecular weight excluding hydrogens is 315 g/mol. The molecule has 3 amide bonds. The van der Waals surface area contributed by atoms with Crippen LogP contribution in [0.1, 0.15) is 33.6 Å². The van der Waals surface area contributed by atoms with E-state index in [0.29, 0.717) is 4.90 Å². The predicted molar refractivity (Wildman–Crippen MR) is 72.4 cm³/mol. The summed E-state index contributed by atoms with van der Waals surface area (Å²) in [6.45, 7) is 0. The Balaban J connectivity index is 1.86. The topological polar surface area (TPSA) is 92.5 Å². The Morgan fingerprint density at radius 2 is 1.74 bits per heavy atom. The maximum Gasteiger partial charge on any atom is 0.408 e. The van der Waals surface area contributed by atoms with E-state index >= 15 is 0 Å². The summed E-state index contributed by atoms with van der Waals surface area (Å²) in [6, 6.07) is 0.909. The Kier molecular flexibility index (Phi) is 3.31. The highest BCUT2D eigenvalue weighted by Crippen LogP contribution is 2.32. The number of fused-ring (bicyclic) bond motifs is 1. The van der Waals surface area contributed by atoms with Crippen molar-refractivity contribution in [1.82, 2.24) is 10.2 Å². The first kappa shape index (κ1) is 15.3. The standard InChI is InChI=1S/C14H12F3N3O3/c15-14(16,17)10-4-3-9(11(21)19-10)20-12(22)7-2-1-6(18)5-8(7)13(20)23/h1-2,5,9-10H,3-4,18H2,(H,19,21). The van der Waals surface area contributed by atoms with Crippen molar-refractivity contribution in [3.05, 3.63) is 29.3 Å². The number of amides is 3. The largest absolute Gasteiger partial charge is 0.408 e. The Hall–Kier alpha value is -2.58. The number of rotatable bonds is 1. The lowest BCUT2D eigenvalue weighted by molar-refractivity contribution is -0.169. The lowest BCUT2D eigenvalue weighted by atomic mass is 9.98. The molecule has 1 aromatic rings. The third-order valence-electron chi connectivity index (χ3n) is 4.00. The molecule has 9 heteroatoms. The molecule has 2 heterocycles. The van der Waals surface area contributed by atoms with Crippen molar-refractivity contribution in [2.75, 3.05) is 5.73 Å². The van der Waals surface area contributed by atoms with Gasteiger partial charge in [-0.25, -0.2) is 0 Å². The number of hydrogen-bond acceptors (Lipinski definition) is 4. The number of nitrogens with one attached hydrogen (secondary N) is 1. The zero-order valence-electron chi connectivity index (χ0n) is 11.7. The summed E-state index contributed by atoms with van der Waals surface area (Å²) in [5, 5.41) is 1.83. The number of hydrogen-bond donors (Lipinski definition) is 2. The molecule has 2 unspecified atom stereocenters. The zero-order valence-corrected chi connectivity index (χ0v) is 11.7. The fraction of sp³-hybridized carbons (Fsp3) is 0.357. The van der Waals surface area contributed by atoms with Crippen molar-refractivity contribution in [3.63, 3.8) is 0 Å². The summed E-state index contributed by atoms with van der Waals surface area (Å²) < 4.78 is 38.0. The molecule has 2 atom stereocenters. The van der Waals surface area contributed by atoms with Crippen LogP contribution in [0, 0.1) is 0 Å². The van der Waals surface area contributed by atoms with Crippen LogP contribution in [0.5, 0.6) is 0 Å². The first-order chi connectivity index (χ1) is 10.7. The minimum absolute atomic E-state index is 0.0562. The van der Waals surface area contributed by atoms with Gasteiger partial charge in [0.2, 0.25) is 5.91 Å². The molecule has 2 aliphatic heterocycles. The zero-order chi connectivity index (χ0) is 16.9. The quantitative estimate of drug-likeness (QED) is 0.596. The molecule has 2 aliphatic rings. The fourth-order valence-electron chi connectivity index (χ4n) is 2.85. The van der Waals surface area contributed by atoms with E-state index in [4.69, 9.17) is 5.73 Å². The van der Waals surface area contributed by atoms with Gasteiger partial charge in [-0.2, -0.15) is 13.2 Å². The molecule has 23 heavy (non-hydrogen) atoms. The van der Waals surface area contributed by atoms with Crippen LogP contribution in [-0.4, -0.2) is 40.9 Å². The number of imide groups is 1. The van der Waals surface area contributed by atoms with Crippen molar-refractivity contribution in [3.8, 4) is 0 Å². The Morgan fingerprint density at radius 3 is 2.35 bits per heavy atom. The lowest BCUT2D eigenvalue weighted by Crippen LogP contribution is -2.59. The van der Waals surface area contributed by atoms with Crippen LogP contribution < -0.4 is 11.1 Å². The van der Waals surface area contributed by atoms with Crippen molar-refractivity contribution in [1.29, 1.82) is 0 Å². The molecule has 0 saturated carbocycles. The van der Waals surface area contributed by atoms with Gasteiger partial charge in [-0.1, -0.05) is 0 Å². The van der Waals surface area contributed by atoms with Gasteiger partial charge in [0.25, 0.3) is 11.8 Å².